The molecule has 2 nitrogen and oxygen atoms in total. The Morgan fingerprint density at radius 3 is 2.33 bits per heavy atom. The van der Waals surface area contributed by atoms with Crippen LogP contribution in [0.15, 0.2) is 0 Å². The minimum absolute atomic E-state index is 0.0992. The van der Waals surface area contributed by atoms with Crippen molar-refractivity contribution in [3.05, 3.63) is 0 Å². The summed E-state index contributed by atoms with van der Waals surface area (Å²) >= 11 is 0. The monoisotopic (exact) mass is 169 g/mol. The Balaban J connectivity index is 2.62. The summed E-state index contributed by atoms with van der Waals surface area (Å²) in [6, 6.07) is 0.380. The summed E-state index contributed by atoms with van der Waals surface area (Å²) in [7, 11) is 0. The van der Waals surface area contributed by atoms with Crippen molar-refractivity contribution < 1.29 is 4.79 Å². The number of rotatable bonds is 1. The van der Waals surface area contributed by atoms with Crippen LogP contribution < -0.4 is 5.32 Å². The average molecular weight is 169 g/mol. The highest BCUT2D eigenvalue weighted by molar-refractivity contribution is 5.73. The molecule has 0 aromatic rings. The van der Waals surface area contributed by atoms with E-state index >= 15 is 0 Å². The Bertz CT molecular complexity index is 186. The second kappa shape index (κ2) is 3.08. The van der Waals surface area contributed by atoms with Crippen LogP contribution >= 0.6 is 0 Å². The van der Waals surface area contributed by atoms with E-state index in [1.807, 2.05) is 0 Å². The summed E-state index contributed by atoms with van der Waals surface area (Å²) in [6.07, 6.45) is 2.37. The van der Waals surface area contributed by atoms with Crippen molar-refractivity contribution in [2.75, 3.05) is 0 Å². The van der Waals surface area contributed by atoms with Gasteiger partial charge in [-0.3, -0.25) is 4.79 Å². The number of hydrogen-bond donors (Lipinski definition) is 1. The molecule has 1 aliphatic carbocycles. The molecule has 1 saturated carbocycles. The average Bonchev–Trinajstić information content (AvgIpc) is 2.15. The Morgan fingerprint density at radius 2 is 2.00 bits per heavy atom. The molecule has 1 aliphatic rings. The molecule has 1 N–H and O–H groups in total. The fraction of sp³-hybridized carbons (Fsp3) is 0.900. The van der Waals surface area contributed by atoms with Crippen LogP contribution in [0.25, 0.3) is 0 Å². The van der Waals surface area contributed by atoms with E-state index in [1.165, 1.54) is 6.42 Å². The quantitative estimate of drug-likeness (QED) is 0.638. The SMILES string of the molecule is CC(=O)NC1CCC(C)C1(C)C. The number of carbonyl (C=O) groups is 1. The standard InChI is InChI=1S/C10H19NO/c1-7-5-6-9(10(7,3)4)11-8(2)12/h7,9H,5-6H2,1-4H3,(H,11,12). The molecule has 0 bridgehead atoms. The molecule has 0 aromatic heterocycles. The molecule has 1 fully saturated rings. The molecular formula is C10H19NO. The molecule has 0 spiro atoms. The van der Waals surface area contributed by atoms with Crippen LogP contribution in [0.4, 0.5) is 0 Å². The molecule has 2 unspecified atom stereocenters. The molecule has 70 valence electrons. The smallest absolute Gasteiger partial charge is 0.217 e. The molecule has 0 heterocycles. The zero-order chi connectivity index (χ0) is 9.35. The third kappa shape index (κ3) is 1.62. The van der Waals surface area contributed by atoms with E-state index < -0.39 is 0 Å². The van der Waals surface area contributed by atoms with Crippen LogP contribution in [-0.2, 0) is 4.79 Å². The fourth-order valence-electron chi connectivity index (χ4n) is 2.01. The Labute approximate surface area is 74.7 Å². The van der Waals surface area contributed by atoms with Crippen LogP contribution in [-0.4, -0.2) is 11.9 Å². The van der Waals surface area contributed by atoms with Crippen molar-refractivity contribution >= 4 is 5.91 Å². The van der Waals surface area contributed by atoms with Crippen LogP contribution in [0, 0.1) is 11.3 Å². The molecule has 0 radical (unpaired) electrons. The van der Waals surface area contributed by atoms with Gasteiger partial charge in [-0.15, -0.1) is 0 Å². The highest BCUT2D eigenvalue weighted by atomic mass is 16.1. The van der Waals surface area contributed by atoms with E-state index in [0.717, 1.165) is 6.42 Å². The highest BCUT2D eigenvalue weighted by Gasteiger charge is 2.40. The molecule has 2 atom stereocenters. The number of carbonyl (C=O) groups excluding carboxylic acids is 1. The molecule has 0 aliphatic heterocycles. The fourth-order valence-corrected chi connectivity index (χ4v) is 2.01. The lowest BCUT2D eigenvalue weighted by molar-refractivity contribution is -0.120. The zero-order valence-corrected chi connectivity index (χ0v) is 8.48. The number of hydrogen-bond acceptors (Lipinski definition) is 1. The van der Waals surface area contributed by atoms with Gasteiger partial charge in [-0.1, -0.05) is 20.8 Å². The first-order valence-corrected chi connectivity index (χ1v) is 4.71. The van der Waals surface area contributed by atoms with Crippen molar-refractivity contribution in [1.82, 2.24) is 5.32 Å². The summed E-state index contributed by atoms with van der Waals surface area (Å²) in [5.41, 5.74) is 0.270. The van der Waals surface area contributed by atoms with Gasteiger partial charge in [-0.25, -0.2) is 0 Å². The third-order valence-electron chi connectivity index (χ3n) is 3.43. The minimum Gasteiger partial charge on any atom is -0.353 e. The first-order valence-electron chi connectivity index (χ1n) is 4.71. The first kappa shape index (κ1) is 9.56. The maximum atomic E-state index is 10.9. The maximum absolute atomic E-state index is 10.9. The summed E-state index contributed by atoms with van der Waals surface area (Å²) in [6.45, 7) is 8.34. The van der Waals surface area contributed by atoms with Crippen molar-refractivity contribution in [2.45, 2.75) is 46.6 Å². The van der Waals surface area contributed by atoms with Gasteiger partial charge in [-0.05, 0) is 24.2 Å². The van der Waals surface area contributed by atoms with Gasteiger partial charge in [0.05, 0.1) is 0 Å². The van der Waals surface area contributed by atoms with E-state index in [4.69, 9.17) is 0 Å². The largest absolute Gasteiger partial charge is 0.353 e. The van der Waals surface area contributed by atoms with Crippen molar-refractivity contribution in [3.63, 3.8) is 0 Å². The summed E-state index contributed by atoms with van der Waals surface area (Å²) < 4.78 is 0. The first-order chi connectivity index (χ1) is 5.44. The zero-order valence-electron chi connectivity index (χ0n) is 8.48. The lowest BCUT2D eigenvalue weighted by Crippen LogP contribution is -2.42. The predicted octanol–water partition coefficient (Wildman–Crippen LogP) is 1.95. The molecule has 2 heteroatoms. The maximum Gasteiger partial charge on any atom is 0.217 e. The lowest BCUT2D eigenvalue weighted by atomic mass is 9.80. The Morgan fingerprint density at radius 1 is 1.42 bits per heavy atom. The molecule has 0 aromatic carbocycles. The van der Waals surface area contributed by atoms with Gasteiger partial charge in [0, 0.05) is 13.0 Å². The van der Waals surface area contributed by atoms with Gasteiger partial charge in [0.1, 0.15) is 0 Å². The van der Waals surface area contributed by atoms with Gasteiger partial charge in [-0.2, -0.15) is 0 Å². The van der Waals surface area contributed by atoms with Gasteiger partial charge in [0.15, 0.2) is 0 Å². The van der Waals surface area contributed by atoms with E-state index in [1.54, 1.807) is 6.92 Å². The third-order valence-corrected chi connectivity index (χ3v) is 3.43. The summed E-state index contributed by atoms with van der Waals surface area (Å²) in [5, 5.41) is 3.02. The molecule has 0 saturated heterocycles. The lowest BCUT2D eigenvalue weighted by Gasteiger charge is -2.31. The number of nitrogens with one attached hydrogen (secondary N) is 1. The van der Waals surface area contributed by atoms with Crippen LogP contribution in [0.1, 0.15) is 40.5 Å². The van der Waals surface area contributed by atoms with Gasteiger partial charge >= 0.3 is 0 Å². The second-order valence-electron chi connectivity index (χ2n) is 4.55. The van der Waals surface area contributed by atoms with E-state index in [2.05, 4.69) is 26.1 Å². The molecular weight excluding hydrogens is 150 g/mol. The van der Waals surface area contributed by atoms with Gasteiger partial charge in [0.2, 0.25) is 5.91 Å². The van der Waals surface area contributed by atoms with Gasteiger partial charge < -0.3 is 5.32 Å². The Hall–Kier alpha value is -0.530. The van der Waals surface area contributed by atoms with E-state index in [0.29, 0.717) is 12.0 Å². The summed E-state index contributed by atoms with van der Waals surface area (Å²) in [5.74, 6) is 0.816. The highest BCUT2D eigenvalue weighted by Crippen LogP contribution is 2.42. The molecule has 1 rings (SSSR count). The van der Waals surface area contributed by atoms with E-state index in [9.17, 15) is 4.79 Å². The number of amides is 1. The Kier molecular flexibility index (Phi) is 2.45. The van der Waals surface area contributed by atoms with Crippen molar-refractivity contribution in [2.24, 2.45) is 11.3 Å². The van der Waals surface area contributed by atoms with Crippen molar-refractivity contribution in [1.29, 1.82) is 0 Å². The van der Waals surface area contributed by atoms with Crippen LogP contribution in [0.3, 0.4) is 0 Å². The van der Waals surface area contributed by atoms with Crippen LogP contribution in [0.2, 0.25) is 0 Å². The normalized spacial score (nSPS) is 33.3. The minimum atomic E-state index is 0.0992. The van der Waals surface area contributed by atoms with Gasteiger partial charge in [0.25, 0.3) is 0 Å². The summed E-state index contributed by atoms with van der Waals surface area (Å²) in [4.78, 5) is 10.9. The molecule has 12 heavy (non-hydrogen) atoms. The molecule has 1 amide bonds. The van der Waals surface area contributed by atoms with Crippen LogP contribution in [0.5, 0.6) is 0 Å². The van der Waals surface area contributed by atoms with Crippen molar-refractivity contribution in [3.8, 4) is 0 Å². The topological polar surface area (TPSA) is 29.1 Å². The predicted molar refractivity (Wildman–Crippen MR) is 49.8 cm³/mol. The second-order valence-corrected chi connectivity index (χ2v) is 4.55. The van der Waals surface area contributed by atoms with E-state index in [-0.39, 0.29) is 11.3 Å².